The van der Waals surface area contributed by atoms with Crippen molar-refractivity contribution in [2.24, 2.45) is 0 Å². The Hall–Kier alpha value is -3.41. The molecule has 0 atom stereocenters. The molecule has 0 aliphatic carbocycles. The fourth-order valence-electron chi connectivity index (χ4n) is 2.18. The van der Waals surface area contributed by atoms with Crippen LogP contribution in [0.15, 0.2) is 57.7 Å². The monoisotopic (exact) mass is 354 g/mol. The number of aryl methyl sites for hydroxylation is 1. The zero-order valence-electron chi connectivity index (χ0n) is 14.4. The average molecular weight is 354 g/mol. The standard InChI is InChI=1S/C13H12O4.C7H6O2/c1-3-16-12(14)10-7-9-6-8(2)4-5-11(9)17-13(10)15;8-5-6-3-1-2-4-7(6)9/h4-7H,3H2,1-2H3;1-5,9H. The van der Waals surface area contributed by atoms with Gasteiger partial charge in [-0.1, -0.05) is 23.8 Å². The first-order valence-electron chi connectivity index (χ1n) is 7.91. The second-order valence-corrected chi connectivity index (χ2v) is 5.39. The maximum absolute atomic E-state index is 11.6. The van der Waals surface area contributed by atoms with Crippen LogP contribution in [0.2, 0.25) is 0 Å². The second-order valence-electron chi connectivity index (χ2n) is 5.39. The number of benzene rings is 2. The number of aldehydes is 1. The smallest absolute Gasteiger partial charge is 0.351 e. The molecule has 1 aromatic heterocycles. The predicted octanol–water partition coefficient (Wildman–Crippen LogP) is 3.48. The van der Waals surface area contributed by atoms with Crippen molar-refractivity contribution >= 4 is 23.2 Å². The topological polar surface area (TPSA) is 93.8 Å². The number of carbonyl (C=O) groups excluding carboxylic acids is 2. The van der Waals surface area contributed by atoms with E-state index in [4.69, 9.17) is 14.3 Å². The molecule has 26 heavy (non-hydrogen) atoms. The van der Waals surface area contributed by atoms with E-state index in [1.165, 1.54) is 12.1 Å². The fraction of sp³-hybridized carbons (Fsp3) is 0.150. The minimum Gasteiger partial charge on any atom is -0.507 e. The highest BCUT2D eigenvalue weighted by molar-refractivity contribution is 5.92. The van der Waals surface area contributed by atoms with Gasteiger partial charge in [-0.15, -0.1) is 0 Å². The van der Waals surface area contributed by atoms with Crippen LogP contribution in [0.3, 0.4) is 0 Å². The minimum absolute atomic E-state index is 0.0347. The van der Waals surface area contributed by atoms with Gasteiger partial charge in [-0.2, -0.15) is 0 Å². The number of hydrogen-bond donors (Lipinski definition) is 1. The molecule has 0 unspecified atom stereocenters. The van der Waals surface area contributed by atoms with Crippen LogP contribution < -0.4 is 5.63 Å². The van der Waals surface area contributed by atoms with Crippen LogP contribution >= 0.6 is 0 Å². The molecule has 6 nitrogen and oxygen atoms in total. The van der Waals surface area contributed by atoms with E-state index in [1.807, 2.05) is 19.1 Å². The predicted molar refractivity (Wildman–Crippen MR) is 96.7 cm³/mol. The summed E-state index contributed by atoms with van der Waals surface area (Å²) in [7, 11) is 0. The SMILES string of the molecule is CCOC(=O)c1cc2cc(C)ccc2oc1=O.O=Cc1ccccc1O. The van der Waals surface area contributed by atoms with E-state index in [1.54, 1.807) is 31.2 Å². The maximum atomic E-state index is 11.6. The number of phenols is 1. The lowest BCUT2D eigenvalue weighted by atomic mass is 10.1. The summed E-state index contributed by atoms with van der Waals surface area (Å²) in [6.45, 7) is 3.84. The third-order valence-electron chi connectivity index (χ3n) is 3.45. The van der Waals surface area contributed by atoms with Gasteiger partial charge in [0.1, 0.15) is 16.9 Å². The molecule has 0 spiro atoms. The van der Waals surface area contributed by atoms with Crippen molar-refractivity contribution < 1.29 is 23.8 Å². The van der Waals surface area contributed by atoms with E-state index < -0.39 is 11.6 Å². The Balaban J connectivity index is 0.000000228. The zero-order chi connectivity index (χ0) is 19.1. The molecular weight excluding hydrogens is 336 g/mol. The van der Waals surface area contributed by atoms with Gasteiger partial charge in [0.2, 0.25) is 0 Å². The molecule has 0 aliphatic rings. The summed E-state index contributed by atoms with van der Waals surface area (Å²) >= 11 is 0. The normalized spacial score (nSPS) is 9.92. The van der Waals surface area contributed by atoms with Gasteiger partial charge in [0.05, 0.1) is 12.2 Å². The average Bonchev–Trinajstić information content (AvgIpc) is 2.62. The van der Waals surface area contributed by atoms with Gasteiger partial charge in [-0.3, -0.25) is 4.79 Å². The fourth-order valence-corrected chi connectivity index (χ4v) is 2.18. The Morgan fingerprint density at radius 1 is 1.19 bits per heavy atom. The summed E-state index contributed by atoms with van der Waals surface area (Å²) in [6, 6.07) is 13.3. The summed E-state index contributed by atoms with van der Waals surface area (Å²) in [5.41, 5.74) is 1.09. The summed E-state index contributed by atoms with van der Waals surface area (Å²) < 4.78 is 9.85. The summed E-state index contributed by atoms with van der Waals surface area (Å²) in [5, 5.41) is 9.59. The van der Waals surface area contributed by atoms with E-state index in [0.717, 1.165) is 5.56 Å². The van der Waals surface area contributed by atoms with Crippen LogP contribution in [-0.2, 0) is 4.74 Å². The molecule has 0 bridgehead atoms. The highest BCUT2D eigenvalue weighted by atomic mass is 16.5. The van der Waals surface area contributed by atoms with Crippen molar-refractivity contribution in [2.75, 3.05) is 6.61 Å². The second kappa shape index (κ2) is 8.62. The number of hydrogen-bond acceptors (Lipinski definition) is 6. The van der Waals surface area contributed by atoms with Crippen LogP contribution in [0, 0.1) is 6.92 Å². The molecule has 3 aromatic rings. The molecule has 134 valence electrons. The molecule has 1 heterocycles. The Morgan fingerprint density at radius 3 is 2.54 bits per heavy atom. The lowest BCUT2D eigenvalue weighted by molar-refractivity contribution is 0.0521. The third kappa shape index (κ3) is 4.57. The Bertz CT molecular complexity index is 987. The third-order valence-corrected chi connectivity index (χ3v) is 3.45. The minimum atomic E-state index is -0.667. The maximum Gasteiger partial charge on any atom is 0.351 e. The molecule has 3 rings (SSSR count). The number of para-hydroxylation sites is 1. The van der Waals surface area contributed by atoms with Crippen molar-refractivity contribution in [3.05, 3.63) is 75.6 Å². The molecule has 0 radical (unpaired) electrons. The first-order chi connectivity index (χ1) is 12.5. The zero-order valence-corrected chi connectivity index (χ0v) is 14.4. The van der Waals surface area contributed by atoms with E-state index in [0.29, 0.717) is 22.8 Å². The number of fused-ring (bicyclic) bond motifs is 1. The number of aromatic hydroxyl groups is 1. The van der Waals surface area contributed by atoms with Crippen LogP contribution in [0.5, 0.6) is 5.75 Å². The lowest BCUT2D eigenvalue weighted by Crippen LogP contribution is -2.16. The van der Waals surface area contributed by atoms with Crippen LogP contribution in [0.4, 0.5) is 0 Å². The molecule has 2 aromatic carbocycles. The number of phenolic OH excluding ortho intramolecular Hbond substituents is 1. The number of rotatable bonds is 3. The van der Waals surface area contributed by atoms with Crippen LogP contribution in [-0.4, -0.2) is 24.0 Å². The molecule has 0 saturated heterocycles. The Labute approximate surface area is 149 Å². The van der Waals surface area contributed by atoms with Gasteiger partial charge >= 0.3 is 11.6 Å². The highest BCUT2D eigenvalue weighted by Crippen LogP contribution is 2.15. The first-order valence-corrected chi connectivity index (χ1v) is 7.91. The van der Waals surface area contributed by atoms with Crippen molar-refractivity contribution in [3.8, 4) is 5.75 Å². The lowest BCUT2D eigenvalue weighted by Gasteiger charge is -2.02. The van der Waals surface area contributed by atoms with Crippen molar-refractivity contribution in [1.29, 1.82) is 0 Å². The van der Waals surface area contributed by atoms with Crippen molar-refractivity contribution in [2.45, 2.75) is 13.8 Å². The molecule has 0 amide bonds. The van der Waals surface area contributed by atoms with E-state index in [-0.39, 0.29) is 17.9 Å². The summed E-state index contributed by atoms with van der Waals surface area (Å²) in [5.74, 6) is -0.614. The first kappa shape index (κ1) is 18.9. The summed E-state index contributed by atoms with van der Waals surface area (Å²) in [6.07, 6.45) is 0.620. The van der Waals surface area contributed by atoms with Gasteiger partial charge in [0.15, 0.2) is 6.29 Å². The molecule has 0 fully saturated rings. The van der Waals surface area contributed by atoms with E-state index in [2.05, 4.69) is 0 Å². The molecule has 0 saturated carbocycles. The number of carbonyl (C=O) groups is 2. The van der Waals surface area contributed by atoms with Crippen molar-refractivity contribution in [3.63, 3.8) is 0 Å². The summed E-state index contributed by atoms with van der Waals surface area (Å²) in [4.78, 5) is 33.1. The Morgan fingerprint density at radius 2 is 1.92 bits per heavy atom. The largest absolute Gasteiger partial charge is 0.507 e. The number of esters is 1. The van der Waals surface area contributed by atoms with Crippen LogP contribution in [0.1, 0.15) is 33.2 Å². The number of ether oxygens (including phenoxy) is 1. The molecule has 0 aliphatic heterocycles. The van der Waals surface area contributed by atoms with Gasteiger partial charge < -0.3 is 14.3 Å². The quantitative estimate of drug-likeness (QED) is 0.440. The highest BCUT2D eigenvalue weighted by Gasteiger charge is 2.14. The van der Waals surface area contributed by atoms with Crippen molar-refractivity contribution in [1.82, 2.24) is 0 Å². The molecule has 1 N–H and O–H groups in total. The van der Waals surface area contributed by atoms with Gasteiger partial charge in [-0.25, -0.2) is 9.59 Å². The molecular formula is C20H18O6. The van der Waals surface area contributed by atoms with Gasteiger partial charge in [0, 0.05) is 5.39 Å². The Kier molecular flexibility index (Phi) is 6.27. The van der Waals surface area contributed by atoms with E-state index >= 15 is 0 Å². The van der Waals surface area contributed by atoms with E-state index in [9.17, 15) is 14.4 Å². The van der Waals surface area contributed by atoms with Gasteiger partial charge in [0.25, 0.3) is 0 Å². The van der Waals surface area contributed by atoms with Gasteiger partial charge in [-0.05, 0) is 44.2 Å². The van der Waals surface area contributed by atoms with Crippen LogP contribution in [0.25, 0.3) is 11.0 Å². The molecule has 6 heteroatoms.